The normalized spacial score (nSPS) is 12.4. The zero-order valence-electron chi connectivity index (χ0n) is 14.7. The number of alkyl halides is 3. The molecule has 2 rings (SSSR count). The lowest BCUT2D eigenvalue weighted by molar-refractivity contribution is -0.137. The number of rotatable bonds is 5. The topological polar surface area (TPSA) is 49.4 Å². The summed E-state index contributed by atoms with van der Waals surface area (Å²) < 4.78 is 38.5. The number of hydrogen-bond acceptors (Lipinski definition) is 2. The van der Waals surface area contributed by atoms with Gasteiger partial charge in [-0.2, -0.15) is 13.2 Å². The predicted molar refractivity (Wildman–Crippen MR) is 97.3 cm³/mol. The van der Waals surface area contributed by atoms with Gasteiger partial charge in [0.2, 0.25) is 11.8 Å². The number of anilines is 1. The van der Waals surface area contributed by atoms with E-state index in [-0.39, 0.29) is 29.2 Å². The highest BCUT2D eigenvalue weighted by Crippen LogP contribution is 2.33. The van der Waals surface area contributed by atoms with Gasteiger partial charge in [0.25, 0.3) is 0 Å². The van der Waals surface area contributed by atoms with Crippen LogP contribution < -0.4 is 5.32 Å². The van der Waals surface area contributed by atoms with Crippen LogP contribution in [-0.2, 0) is 15.8 Å². The minimum atomic E-state index is -4.56. The Labute approximate surface area is 159 Å². The quantitative estimate of drug-likeness (QED) is 0.778. The van der Waals surface area contributed by atoms with Gasteiger partial charge in [-0.25, -0.2) is 0 Å². The lowest BCUT2D eigenvalue weighted by atomic mass is 10.1. The first-order valence-electron chi connectivity index (χ1n) is 8.08. The molecule has 0 aliphatic heterocycles. The Morgan fingerprint density at radius 2 is 1.78 bits per heavy atom. The number of nitrogens with one attached hydrogen (secondary N) is 1. The molecule has 0 heterocycles. The van der Waals surface area contributed by atoms with Crippen molar-refractivity contribution < 1.29 is 22.8 Å². The van der Waals surface area contributed by atoms with Crippen molar-refractivity contribution in [1.29, 1.82) is 0 Å². The summed E-state index contributed by atoms with van der Waals surface area (Å²) in [6.07, 6.45) is -4.56. The van der Waals surface area contributed by atoms with E-state index in [9.17, 15) is 22.8 Å². The number of benzene rings is 2. The number of carbonyl (C=O) groups excluding carboxylic acids is 2. The first kappa shape index (κ1) is 20.8. The lowest BCUT2D eigenvalue weighted by Crippen LogP contribution is -2.38. The van der Waals surface area contributed by atoms with Gasteiger partial charge in [-0.1, -0.05) is 41.9 Å². The zero-order valence-corrected chi connectivity index (χ0v) is 15.4. The van der Waals surface area contributed by atoms with E-state index in [0.717, 1.165) is 23.8 Å². The van der Waals surface area contributed by atoms with Crippen LogP contribution in [0.5, 0.6) is 0 Å². The Morgan fingerprint density at radius 3 is 2.33 bits per heavy atom. The molecule has 4 nitrogen and oxygen atoms in total. The van der Waals surface area contributed by atoms with Crippen molar-refractivity contribution in [3.8, 4) is 0 Å². The van der Waals surface area contributed by atoms with Gasteiger partial charge in [0, 0.05) is 6.92 Å². The van der Waals surface area contributed by atoms with Gasteiger partial charge in [0.05, 0.1) is 22.3 Å². The minimum absolute atomic E-state index is 0.0261. The fourth-order valence-electron chi connectivity index (χ4n) is 2.57. The SMILES string of the molecule is CC(=O)N(CC(=O)Nc1cc(C(F)(F)F)ccc1Cl)C(C)c1ccccc1. The lowest BCUT2D eigenvalue weighted by Gasteiger charge is -2.28. The third kappa shape index (κ3) is 5.47. The molecule has 0 radical (unpaired) electrons. The average Bonchev–Trinajstić information content (AvgIpc) is 2.60. The summed E-state index contributed by atoms with van der Waals surface area (Å²) in [7, 11) is 0. The molecule has 8 heteroatoms. The summed E-state index contributed by atoms with van der Waals surface area (Å²) >= 11 is 5.89. The van der Waals surface area contributed by atoms with Crippen LogP contribution in [0.2, 0.25) is 5.02 Å². The van der Waals surface area contributed by atoms with Gasteiger partial charge in [-0.05, 0) is 30.7 Å². The van der Waals surface area contributed by atoms with Crippen molar-refractivity contribution in [2.75, 3.05) is 11.9 Å². The Kier molecular flexibility index (Phi) is 6.49. The van der Waals surface area contributed by atoms with Crippen LogP contribution in [0.1, 0.15) is 31.0 Å². The van der Waals surface area contributed by atoms with Crippen LogP contribution in [0.15, 0.2) is 48.5 Å². The van der Waals surface area contributed by atoms with E-state index in [4.69, 9.17) is 11.6 Å². The number of nitrogens with zero attached hydrogens (tertiary/aromatic N) is 1. The maximum absolute atomic E-state index is 12.8. The van der Waals surface area contributed by atoms with Crippen LogP contribution >= 0.6 is 11.6 Å². The van der Waals surface area contributed by atoms with Crippen molar-refractivity contribution in [2.24, 2.45) is 0 Å². The molecule has 2 aromatic carbocycles. The molecule has 0 aromatic heterocycles. The summed E-state index contributed by atoms with van der Waals surface area (Å²) in [5.41, 5.74) is -0.256. The van der Waals surface area contributed by atoms with Gasteiger partial charge in [0.1, 0.15) is 6.54 Å². The molecular weight excluding hydrogens is 381 g/mol. The van der Waals surface area contributed by atoms with Gasteiger partial charge < -0.3 is 10.2 Å². The molecule has 2 amide bonds. The summed E-state index contributed by atoms with van der Waals surface area (Å²) in [5, 5.41) is 2.32. The van der Waals surface area contributed by atoms with E-state index >= 15 is 0 Å². The molecule has 2 aromatic rings. The molecule has 0 spiro atoms. The Hall–Kier alpha value is -2.54. The number of carbonyl (C=O) groups is 2. The van der Waals surface area contributed by atoms with Gasteiger partial charge >= 0.3 is 6.18 Å². The average molecular weight is 399 g/mol. The highest BCUT2D eigenvalue weighted by atomic mass is 35.5. The van der Waals surface area contributed by atoms with Crippen molar-refractivity contribution >= 4 is 29.1 Å². The second-order valence-corrected chi connectivity index (χ2v) is 6.38. The number of hydrogen-bond donors (Lipinski definition) is 1. The van der Waals surface area contributed by atoms with Crippen molar-refractivity contribution in [1.82, 2.24) is 4.90 Å². The summed E-state index contributed by atoms with van der Waals surface area (Å²) in [6, 6.07) is 11.4. The van der Waals surface area contributed by atoms with Crippen molar-refractivity contribution in [3.05, 3.63) is 64.7 Å². The first-order valence-corrected chi connectivity index (χ1v) is 8.46. The van der Waals surface area contributed by atoms with Crippen LogP contribution in [0.25, 0.3) is 0 Å². The molecule has 0 saturated heterocycles. The molecule has 1 N–H and O–H groups in total. The molecule has 27 heavy (non-hydrogen) atoms. The highest BCUT2D eigenvalue weighted by Gasteiger charge is 2.31. The smallest absolute Gasteiger partial charge is 0.327 e. The molecule has 0 aliphatic carbocycles. The Morgan fingerprint density at radius 1 is 1.15 bits per heavy atom. The fourth-order valence-corrected chi connectivity index (χ4v) is 2.74. The first-order chi connectivity index (χ1) is 12.6. The summed E-state index contributed by atoms with van der Waals surface area (Å²) in [6.45, 7) is 2.77. The number of amides is 2. The fraction of sp³-hybridized carbons (Fsp3) is 0.263. The predicted octanol–water partition coefficient (Wildman–Crippen LogP) is 4.91. The molecule has 144 valence electrons. The summed E-state index contributed by atoms with van der Waals surface area (Å²) in [4.78, 5) is 25.6. The van der Waals surface area contributed by atoms with Gasteiger partial charge in [-0.15, -0.1) is 0 Å². The van der Waals surface area contributed by atoms with E-state index in [2.05, 4.69) is 5.32 Å². The Balaban J connectivity index is 2.16. The van der Waals surface area contributed by atoms with E-state index in [1.807, 2.05) is 30.3 Å². The van der Waals surface area contributed by atoms with Crippen molar-refractivity contribution in [3.63, 3.8) is 0 Å². The Bertz CT molecular complexity index is 825. The van der Waals surface area contributed by atoms with E-state index in [0.29, 0.717) is 0 Å². The van der Waals surface area contributed by atoms with E-state index in [1.54, 1.807) is 6.92 Å². The van der Waals surface area contributed by atoms with E-state index < -0.39 is 17.6 Å². The van der Waals surface area contributed by atoms with Crippen LogP contribution in [-0.4, -0.2) is 23.3 Å². The summed E-state index contributed by atoms with van der Waals surface area (Å²) in [5.74, 6) is -0.981. The van der Waals surface area contributed by atoms with Gasteiger partial charge in [-0.3, -0.25) is 9.59 Å². The molecule has 1 atom stereocenters. The second kappa shape index (κ2) is 8.43. The number of halogens is 4. The molecule has 1 unspecified atom stereocenters. The standard InChI is InChI=1S/C19H18ClF3N2O2/c1-12(14-6-4-3-5-7-14)25(13(2)26)11-18(27)24-17-10-15(19(21,22)23)8-9-16(17)20/h3-10,12H,11H2,1-2H3,(H,24,27). The molecule has 0 aliphatic rings. The monoisotopic (exact) mass is 398 g/mol. The van der Waals surface area contributed by atoms with Crippen molar-refractivity contribution in [2.45, 2.75) is 26.1 Å². The highest BCUT2D eigenvalue weighted by molar-refractivity contribution is 6.33. The molecule has 0 fully saturated rings. The molecule has 0 bridgehead atoms. The van der Waals surface area contributed by atoms with Crippen LogP contribution in [0, 0.1) is 0 Å². The minimum Gasteiger partial charge on any atom is -0.327 e. The maximum Gasteiger partial charge on any atom is 0.416 e. The third-order valence-corrected chi connectivity index (χ3v) is 4.37. The van der Waals surface area contributed by atoms with Crippen LogP contribution in [0.3, 0.4) is 0 Å². The van der Waals surface area contributed by atoms with E-state index in [1.165, 1.54) is 11.8 Å². The maximum atomic E-state index is 12.8. The zero-order chi connectivity index (χ0) is 20.2. The largest absolute Gasteiger partial charge is 0.416 e. The van der Waals surface area contributed by atoms with Gasteiger partial charge in [0.15, 0.2) is 0 Å². The van der Waals surface area contributed by atoms with Crippen LogP contribution in [0.4, 0.5) is 18.9 Å². The second-order valence-electron chi connectivity index (χ2n) is 5.97. The molecule has 0 saturated carbocycles. The third-order valence-electron chi connectivity index (χ3n) is 4.04. The molecular formula is C19H18ClF3N2O2.